The minimum Gasteiger partial charge on any atom is -0.497 e. The number of carbonyl (C=O) groups is 1. The molecule has 1 aromatic heterocycles. The molecule has 1 aliphatic heterocycles. The average Bonchev–Trinajstić information content (AvgIpc) is 3.21. The van der Waals surface area contributed by atoms with E-state index in [-0.39, 0.29) is 11.9 Å². The fourth-order valence-electron chi connectivity index (χ4n) is 3.28. The van der Waals surface area contributed by atoms with Crippen LogP contribution >= 0.6 is 11.5 Å². The molecule has 0 spiro atoms. The Morgan fingerprint density at radius 1 is 1.20 bits per heavy atom. The van der Waals surface area contributed by atoms with Crippen molar-refractivity contribution in [2.24, 2.45) is 0 Å². The highest BCUT2D eigenvalue weighted by Gasteiger charge is 2.32. The summed E-state index contributed by atoms with van der Waals surface area (Å²) in [6.07, 6.45) is 2.32. The molecule has 1 aliphatic rings. The van der Waals surface area contributed by atoms with Crippen LogP contribution in [0.2, 0.25) is 0 Å². The molecule has 0 radical (unpaired) electrons. The topological polar surface area (TPSA) is 55.3 Å². The first kappa shape index (κ1) is 15.8. The lowest BCUT2D eigenvalue weighted by Gasteiger charge is -2.37. The Bertz CT molecular complexity index is 881. The molecule has 0 bridgehead atoms. The predicted molar refractivity (Wildman–Crippen MR) is 95.7 cm³/mol. The van der Waals surface area contributed by atoms with E-state index in [0.717, 1.165) is 34.8 Å². The van der Waals surface area contributed by atoms with E-state index in [1.54, 1.807) is 7.11 Å². The zero-order chi connectivity index (χ0) is 17.2. The molecule has 0 aliphatic carbocycles. The van der Waals surface area contributed by atoms with Crippen molar-refractivity contribution in [1.82, 2.24) is 14.5 Å². The lowest BCUT2D eigenvalue weighted by atomic mass is 9.89. The van der Waals surface area contributed by atoms with Gasteiger partial charge < -0.3 is 9.64 Å². The molecular weight excluding hydrogens is 334 g/mol. The largest absolute Gasteiger partial charge is 0.497 e. The highest BCUT2D eigenvalue weighted by Crippen LogP contribution is 2.35. The molecule has 4 rings (SSSR count). The minimum absolute atomic E-state index is 0.00306. The van der Waals surface area contributed by atoms with Gasteiger partial charge in [-0.15, -0.1) is 5.10 Å². The molecule has 0 saturated heterocycles. The normalized spacial score (nSPS) is 16.4. The predicted octanol–water partition coefficient (Wildman–Crippen LogP) is 3.49. The van der Waals surface area contributed by atoms with Crippen molar-refractivity contribution in [3.05, 3.63) is 76.3 Å². The van der Waals surface area contributed by atoms with E-state index in [0.29, 0.717) is 11.4 Å². The van der Waals surface area contributed by atoms with Gasteiger partial charge in [0.05, 0.1) is 19.3 Å². The third-order valence-corrected chi connectivity index (χ3v) is 5.21. The zero-order valence-electron chi connectivity index (χ0n) is 13.8. The number of carbonyl (C=O) groups excluding carboxylic acids is 1. The Kier molecular flexibility index (Phi) is 4.19. The minimum atomic E-state index is -0.0303. The molecule has 0 saturated carbocycles. The van der Waals surface area contributed by atoms with Crippen molar-refractivity contribution in [3.63, 3.8) is 0 Å². The quantitative estimate of drug-likeness (QED) is 0.725. The molecule has 5 nitrogen and oxygen atoms in total. The molecule has 0 N–H and O–H groups in total. The fourth-order valence-corrected chi connectivity index (χ4v) is 3.75. The second-order valence-corrected chi connectivity index (χ2v) is 6.77. The number of fused-ring (bicyclic) bond motifs is 1. The number of methoxy groups -OCH3 is 1. The summed E-state index contributed by atoms with van der Waals surface area (Å²) >= 11 is 1.13. The summed E-state index contributed by atoms with van der Waals surface area (Å²) in [5, 5.41) is 3.81. The molecule has 1 atom stereocenters. The third-order valence-electron chi connectivity index (χ3n) is 4.56. The Balaban J connectivity index is 1.75. The van der Waals surface area contributed by atoms with E-state index >= 15 is 0 Å². The van der Waals surface area contributed by atoms with Crippen molar-refractivity contribution in [2.75, 3.05) is 7.11 Å². The van der Waals surface area contributed by atoms with Crippen LogP contribution in [-0.4, -0.2) is 27.5 Å². The van der Waals surface area contributed by atoms with Crippen LogP contribution in [0.5, 0.6) is 5.75 Å². The molecule has 3 aromatic rings. The maximum atomic E-state index is 13.0. The summed E-state index contributed by atoms with van der Waals surface area (Å²) in [6, 6.07) is 16.2. The van der Waals surface area contributed by atoms with E-state index in [1.165, 1.54) is 11.8 Å². The third kappa shape index (κ3) is 3.00. The van der Waals surface area contributed by atoms with Crippen LogP contribution in [0.1, 0.15) is 32.4 Å². The number of ether oxygens (including phenoxy) is 1. The van der Waals surface area contributed by atoms with Gasteiger partial charge in [-0.2, -0.15) is 0 Å². The number of hydrogen-bond donors (Lipinski definition) is 0. The van der Waals surface area contributed by atoms with Gasteiger partial charge in [0.25, 0.3) is 5.91 Å². The number of hydrogen-bond acceptors (Lipinski definition) is 5. The van der Waals surface area contributed by atoms with E-state index in [4.69, 9.17) is 4.74 Å². The van der Waals surface area contributed by atoms with E-state index in [9.17, 15) is 4.79 Å². The molecule has 0 fully saturated rings. The first-order chi connectivity index (χ1) is 12.3. The number of aromatic nitrogens is 2. The number of rotatable bonds is 3. The highest BCUT2D eigenvalue weighted by atomic mass is 32.1. The van der Waals surface area contributed by atoms with Gasteiger partial charge in [-0.3, -0.25) is 4.79 Å². The lowest BCUT2D eigenvalue weighted by Crippen LogP contribution is -2.38. The summed E-state index contributed by atoms with van der Waals surface area (Å²) in [7, 11) is 1.66. The summed E-state index contributed by atoms with van der Waals surface area (Å²) in [4.78, 5) is 15.5. The van der Waals surface area contributed by atoms with Crippen LogP contribution in [0.4, 0.5) is 0 Å². The van der Waals surface area contributed by atoms with Crippen LogP contribution in [0, 0.1) is 0 Å². The summed E-state index contributed by atoms with van der Waals surface area (Å²) < 4.78 is 9.17. The Morgan fingerprint density at radius 2 is 2.04 bits per heavy atom. The second kappa shape index (κ2) is 6.64. The standard InChI is InChI=1S/C19H17N3O2S/c1-24-16-8-7-14-10-17(13-5-3-2-4-6-13)22(12-15(14)9-16)19(23)18-11-20-21-25-18/h2-9,11,17H,10,12H2,1H3. The van der Waals surface area contributed by atoms with Crippen molar-refractivity contribution in [1.29, 1.82) is 0 Å². The fraction of sp³-hybridized carbons (Fsp3) is 0.211. The molecule has 126 valence electrons. The highest BCUT2D eigenvalue weighted by molar-refractivity contribution is 7.07. The average molecular weight is 351 g/mol. The lowest BCUT2D eigenvalue weighted by molar-refractivity contribution is 0.0642. The molecule has 2 heterocycles. The van der Waals surface area contributed by atoms with E-state index in [2.05, 4.69) is 27.8 Å². The van der Waals surface area contributed by atoms with Gasteiger partial charge in [0.1, 0.15) is 10.6 Å². The van der Waals surface area contributed by atoms with Crippen LogP contribution in [0.15, 0.2) is 54.7 Å². The molecule has 6 heteroatoms. The maximum absolute atomic E-state index is 13.0. The Morgan fingerprint density at radius 3 is 2.76 bits per heavy atom. The van der Waals surface area contributed by atoms with Gasteiger partial charge in [0, 0.05) is 6.54 Å². The molecule has 1 amide bonds. The van der Waals surface area contributed by atoms with Gasteiger partial charge in [-0.1, -0.05) is 40.9 Å². The van der Waals surface area contributed by atoms with Gasteiger partial charge in [0.2, 0.25) is 0 Å². The van der Waals surface area contributed by atoms with Crippen LogP contribution in [0.25, 0.3) is 0 Å². The summed E-state index contributed by atoms with van der Waals surface area (Å²) in [6.45, 7) is 0.544. The molecule has 2 aromatic carbocycles. The Labute approximate surface area is 150 Å². The smallest absolute Gasteiger partial charge is 0.268 e. The first-order valence-corrected chi connectivity index (χ1v) is 8.82. The molecular formula is C19H17N3O2S. The van der Waals surface area contributed by atoms with Gasteiger partial charge in [0.15, 0.2) is 0 Å². The van der Waals surface area contributed by atoms with Gasteiger partial charge >= 0.3 is 0 Å². The number of amides is 1. The zero-order valence-corrected chi connectivity index (χ0v) is 14.6. The molecule has 1 unspecified atom stereocenters. The van der Waals surface area contributed by atoms with Crippen molar-refractivity contribution >= 4 is 17.4 Å². The van der Waals surface area contributed by atoms with Crippen molar-refractivity contribution < 1.29 is 9.53 Å². The number of nitrogens with zero attached hydrogens (tertiary/aromatic N) is 3. The molecule has 25 heavy (non-hydrogen) atoms. The van der Waals surface area contributed by atoms with Crippen molar-refractivity contribution in [2.45, 2.75) is 19.0 Å². The summed E-state index contributed by atoms with van der Waals surface area (Å²) in [5.41, 5.74) is 3.51. The van der Waals surface area contributed by atoms with Crippen LogP contribution in [-0.2, 0) is 13.0 Å². The van der Waals surface area contributed by atoms with Gasteiger partial charge in [-0.25, -0.2) is 0 Å². The first-order valence-electron chi connectivity index (χ1n) is 8.05. The van der Waals surface area contributed by atoms with Crippen molar-refractivity contribution in [3.8, 4) is 5.75 Å². The summed E-state index contributed by atoms with van der Waals surface area (Å²) in [5.74, 6) is 0.779. The van der Waals surface area contributed by atoms with E-state index < -0.39 is 0 Å². The maximum Gasteiger partial charge on any atom is 0.268 e. The second-order valence-electron chi connectivity index (χ2n) is 5.98. The van der Waals surface area contributed by atoms with Gasteiger partial charge in [-0.05, 0) is 46.8 Å². The number of benzene rings is 2. The van der Waals surface area contributed by atoms with Crippen LogP contribution in [0.3, 0.4) is 0 Å². The van der Waals surface area contributed by atoms with Crippen LogP contribution < -0.4 is 4.74 Å². The van der Waals surface area contributed by atoms with E-state index in [1.807, 2.05) is 35.2 Å². The SMILES string of the molecule is COc1ccc2c(c1)CN(C(=O)c1cnns1)C(c1ccccc1)C2. The Hall–Kier alpha value is -2.73. The monoisotopic (exact) mass is 351 g/mol.